The van der Waals surface area contributed by atoms with Crippen LogP contribution in [0.4, 0.5) is 13.2 Å². The third-order valence-electron chi connectivity index (χ3n) is 2.11. The second-order valence-corrected chi connectivity index (χ2v) is 3.44. The van der Waals surface area contributed by atoms with Crippen molar-refractivity contribution in [3.63, 3.8) is 0 Å². The number of rotatable bonds is 3. The highest BCUT2D eigenvalue weighted by Gasteiger charge is 2.33. The molecule has 0 amide bonds. The Bertz CT molecular complexity index is 330. The number of alkyl halides is 3. The van der Waals surface area contributed by atoms with Gasteiger partial charge in [0.25, 0.3) is 0 Å². The smallest absolute Gasteiger partial charge is 0.402 e. The zero-order valence-corrected chi connectivity index (χ0v) is 8.01. The lowest BCUT2D eigenvalue weighted by atomic mass is 10.1. The van der Waals surface area contributed by atoms with Gasteiger partial charge in [0.1, 0.15) is 0 Å². The molecule has 2 N–H and O–H groups in total. The Morgan fingerprint density at radius 3 is 2.47 bits per heavy atom. The second-order valence-electron chi connectivity index (χ2n) is 3.44. The van der Waals surface area contributed by atoms with Crippen LogP contribution in [0.25, 0.3) is 0 Å². The Balaban J connectivity index is 2.82. The van der Waals surface area contributed by atoms with Crippen molar-refractivity contribution >= 4 is 0 Å². The van der Waals surface area contributed by atoms with Crippen LogP contribution in [0.1, 0.15) is 19.3 Å². The zero-order chi connectivity index (χ0) is 11.5. The first-order valence-corrected chi connectivity index (χ1v) is 4.56. The molecule has 2 nitrogen and oxygen atoms in total. The fourth-order valence-electron chi connectivity index (χ4n) is 1.13. The molecule has 1 saturated carbocycles. The summed E-state index contributed by atoms with van der Waals surface area (Å²) < 4.78 is 37.2. The third-order valence-corrected chi connectivity index (χ3v) is 2.11. The van der Waals surface area contributed by atoms with Crippen LogP contribution in [-0.4, -0.2) is 6.18 Å². The molecule has 0 bridgehead atoms. The zero-order valence-electron chi connectivity index (χ0n) is 8.01. The molecular formula is C10H11F3N2. The maximum absolute atomic E-state index is 12.4. The lowest BCUT2D eigenvalue weighted by Crippen LogP contribution is -2.12. The minimum atomic E-state index is -4.43. The van der Waals surface area contributed by atoms with Crippen molar-refractivity contribution in [1.29, 1.82) is 5.26 Å². The van der Waals surface area contributed by atoms with Gasteiger partial charge < -0.3 is 5.73 Å². The van der Waals surface area contributed by atoms with Crippen molar-refractivity contribution in [2.24, 2.45) is 11.7 Å². The molecule has 0 aliphatic heterocycles. The van der Waals surface area contributed by atoms with Crippen molar-refractivity contribution in [2.45, 2.75) is 25.4 Å². The van der Waals surface area contributed by atoms with Gasteiger partial charge in [-0.1, -0.05) is 6.08 Å². The van der Waals surface area contributed by atoms with Crippen molar-refractivity contribution in [3.05, 3.63) is 23.4 Å². The molecule has 15 heavy (non-hydrogen) atoms. The van der Waals surface area contributed by atoms with Gasteiger partial charge in [0, 0.05) is 5.70 Å². The Labute approximate surface area is 85.9 Å². The van der Waals surface area contributed by atoms with Gasteiger partial charge in [0.15, 0.2) is 0 Å². The van der Waals surface area contributed by atoms with Crippen molar-refractivity contribution in [3.8, 4) is 6.07 Å². The molecule has 82 valence electrons. The molecule has 1 fully saturated rings. The number of hydrogen-bond acceptors (Lipinski definition) is 2. The number of nitrogens with zero attached hydrogens (tertiary/aromatic N) is 1. The van der Waals surface area contributed by atoms with Crippen LogP contribution in [0, 0.1) is 17.2 Å². The summed E-state index contributed by atoms with van der Waals surface area (Å²) in [5.41, 5.74) is 4.92. The van der Waals surface area contributed by atoms with Gasteiger partial charge in [-0.05, 0) is 24.8 Å². The fourth-order valence-corrected chi connectivity index (χ4v) is 1.13. The van der Waals surface area contributed by atoms with E-state index in [1.807, 2.05) is 0 Å². The number of nitriles is 1. The minimum absolute atomic E-state index is 0.0952. The first-order chi connectivity index (χ1) is 6.95. The quantitative estimate of drug-likeness (QED) is 0.737. The van der Waals surface area contributed by atoms with E-state index in [0.29, 0.717) is 0 Å². The Morgan fingerprint density at radius 2 is 2.07 bits per heavy atom. The molecule has 5 heteroatoms. The predicted octanol–water partition coefficient (Wildman–Crippen LogP) is 2.64. The number of nitrogens with two attached hydrogens (primary N) is 1. The second kappa shape index (κ2) is 4.39. The maximum atomic E-state index is 12.4. The van der Waals surface area contributed by atoms with Gasteiger partial charge in [0.05, 0.1) is 18.1 Å². The van der Waals surface area contributed by atoms with Crippen LogP contribution in [0.2, 0.25) is 0 Å². The van der Waals surface area contributed by atoms with Gasteiger partial charge in [0.2, 0.25) is 0 Å². The average molecular weight is 216 g/mol. The van der Waals surface area contributed by atoms with E-state index >= 15 is 0 Å². The highest BCUT2D eigenvalue weighted by Crippen LogP contribution is 2.36. The maximum Gasteiger partial charge on any atom is 0.416 e. The van der Waals surface area contributed by atoms with Gasteiger partial charge in [-0.15, -0.1) is 0 Å². The summed E-state index contributed by atoms with van der Waals surface area (Å²) in [6.07, 6.45) is -1.19. The molecular weight excluding hydrogens is 205 g/mol. The summed E-state index contributed by atoms with van der Waals surface area (Å²) in [5.74, 6) is 0.0952. The molecule has 0 radical (unpaired) electrons. The molecule has 0 unspecified atom stereocenters. The molecule has 1 rings (SSSR count). The van der Waals surface area contributed by atoms with Gasteiger partial charge in [-0.2, -0.15) is 18.4 Å². The average Bonchev–Trinajstić information content (AvgIpc) is 2.92. The molecule has 0 aromatic carbocycles. The summed E-state index contributed by atoms with van der Waals surface area (Å²) in [5, 5.41) is 8.22. The molecule has 0 saturated heterocycles. The van der Waals surface area contributed by atoms with E-state index in [1.54, 1.807) is 6.07 Å². The Morgan fingerprint density at radius 1 is 1.47 bits per heavy atom. The van der Waals surface area contributed by atoms with Crippen LogP contribution in [0.15, 0.2) is 23.4 Å². The van der Waals surface area contributed by atoms with E-state index in [-0.39, 0.29) is 18.0 Å². The number of halogens is 3. The molecule has 0 aromatic heterocycles. The molecule has 0 aromatic rings. The highest BCUT2D eigenvalue weighted by molar-refractivity contribution is 5.29. The lowest BCUT2D eigenvalue weighted by molar-refractivity contribution is -0.0884. The molecule has 1 aliphatic carbocycles. The summed E-state index contributed by atoms with van der Waals surface area (Å²) in [6.45, 7) is 0. The van der Waals surface area contributed by atoms with Gasteiger partial charge in [-0.3, -0.25) is 0 Å². The van der Waals surface area contributed by atoms with Crippen LogP contribution < -0.4 is 5.73 Å². The fraction of sp³-hybridized carbons (Fsp3) is 0.500. The summed E-state index contributed by atoms with van der Waals surface area (Å²) in [4.78, 5) is 0. The van der Waals surface area contributed by atoms with Crippen molar-refractivity contribution < 1.29 is 13.2 Å². The first kappa shape index (κ1) is 11.6. The van der Waals surface area contributed by atoms with E-state index in [0.717, 1.165) is 25.0 Å². The van der Waals surface area contributed by atoms with Crippen molar-refractivity contribution in [1.82, 2.24) is 0 Å². The van der Waals surface area contributed by atoms with Gasteiger partial charge >= 0.3 is 6.18 Å². The van der Waals surface area contributed by atoms with E-state index in [9.17, 15) is 13.2 Å². The predicted molar refractivity (Wildman–Crippen MR) is 49.4 cm³/mol. The third kappa shape index (κ3) is 3.66. The summed E-state index contributed by atoms with van der Waals surface area (Å²) in [7, 11) is 0. The van der Waals surface area contributed by atoms with Crippen molar-refractivity contribution in [2.75, 3.05) is 0 Å². The van der Waals surface area contributed by atoms with E-state index < -0.39 is 11.7 Å². The van der Waals surface area contributed by atoms with Crippen LogP contribution in [0.3, 0.4) is 0 Å². The highest BCUT2D eigenvalue weighted by atomic mass is 19.4. The Kier molecular flexibility index (Phi) is 3.40. The summed E-state index contributed by atoms with van der Waals surface area (Å²) >= 11 is 0. The lowest BCUT2D eigenvalue weighted by Gasteiger charge is -2.08. The van der Waals surface area contributed by atoms with Gasteiger partial charge in [-0.25, -0.2) is 0 Å². The van der Waals surface area contributed by atoms with Crippen LogP contribution >= 0.6 is 0 Å². The molecule has 0 spiro atoms. The summed E-state index contributed by atoms with van der Waals surface area (Å²) in [6, 6.07) is 1.64. The van der Waals surface area contributed by atoms with E-state index in [1.165, 1.54) is 0 Å². The number of allylic oxidation sites excluding steroid dienone is 4. The number of hydrogen-bond donors (Lipinski definition) is 1. The monoisotopic (exact) mass is 216 g/mol. The van der Waals surface area contributed by atoms with Crippen LogP contribution in [0.5, 0.6) is 0 Å². The Hall–Kier alpha value is -1.44. The first-order valence-electron chi connectivity index (χ1n) is 4.56. The largest absolute Gasteiger partial charge is 0.416 e. The topological polar surface area (TPSA) is 49.8 Å². The SMILES string of the molecule is N#CC/C=C(\C=C(/N)C1CC1)C(F)(F)F. The van der Waals surface area contributed by atoms with Crippen LogP contribution in [-0.2, 0) is 0 Å². The standard InChI is InChI=1S/C10H11F3N2/c11-10(12,13)8(2-1-5-14)6-9(15)7-3-4-7/h2,6-7H,1,3-4,15H2/b8-2+,9-6-. The minimum Gasteiger partial charge on any atom is -0.402 e. The van der Waals surface area contributed by atoms with E-state index in [2.05, 4.69) is 0 Å². The van der Waals surface area contributed by atoms with E-state index in [4.69, 9.17) is 11.0 Å². The molecule has 0 heterocycles. The molecule has 0 atom stereocenters. The normalized spacial score (nSPS) is 18.8. The molecule has 1 aliphatic rings.